The summed E-state index contributed by atoms with van der Waals surface area (Å²) >= 11 is 3.36. The molecule has 1 aromatic heterocycles. The van der Waals surface area contributed by atoms with E-state index in [0.29, 0.717) is 25.3 Å². The van der Waals surface area contributed by atoms with Crippen molar-refractivity contribution in [2.45, 2.75) is 19.4 Å². The van der Waals surface area contributed by atoms with Crippen LogP contribution in [0.25, 0.3) is 0 Å². The molecule has 0 aliphatic rings. The highest BCUT2D eigenvalue weighted by Crippen LogP contribution is 2.18. The summed E-state index contributed by atoms with van der Waals surface area (Å²) in [5.41, 5.74) is 0.637. The zero-order valence-electron chi connectivity index (χ0n) is 10.2. The van der Waals surface area contributed by atoms with Crippen LogP contribution < -0.4 is 5.32 Å². The van der Waals surface area contributed by atoms with Gasteiger partial charge < -0.3 is 10.1 Å². The molecule has 0 fully saturated rings. The van der Waals surface area contributed by atoms with Gasteiger partial charge in [0.25, 0.3) is 0 Å². The number of halogens is 1. The number of carbonyl (C=O) groups is 1. The first-order chi connectivity index (χ1) is 8.20. The van der Waals surface area contributed by atoms with Crippen LogP contribution in [0.1, 0.15) is 23.3 Å². The van der Waals surface area contributed by atoms with Crippen molar-refractivity contribution in [3.63, 3.8) is 0 Å². The number of methoxy groups -OCH3 is 1. The smallest absolute Gasteiger partial charge is 0.182 e. The van der Waals surface area contributed by atoms with Gasteiger partial charge in [0.05, 0.1) is 23.8 Å². The highest BCUT2D eigenvalue weighted by Gasteiger charge is 2.16. The Morgan fingerprint density at radius 2 is 2.41 bits per heavy atom. The molecule has 0 aliphatic carbocycles. The van der Waals surface area contributed by atoms with E-state index in [1.54, 1.807) is 18.0 Å². The molecule has 0 amide bonds. The van der Waals surface area contributed by atoms with Crippen LogP contribution in [0.2, 0.25) is 0 Å². The average molecular weight is 304 g/mol. The maximum Gasteiger partial charge on any atom is 0.182 e. The van der Waals surface area contributed by atoms with Gasteiger partial charge in [-0.3, -0.25) is 9.48 Å². The van der Waals surface area contributed by atoms with E-state index in [2.05, 4.69) is 26.3 Å². The number of aromatic nitrogens is 2. The molecule has 1 rings (SSSR count). The Morgan fingerprint density at radius 1 is 1.65 bits per heavy atom. The molecule has 17 heavy (non-hydrogen) atoms. The maximum absolute atomic E-state index is 12.0. The number of rotatable bonds is 8. The van der Waals surface area contributed by atoms with Gasteiger partial charge in [0.1, 0.15) is 5.69 Å². The molecule has 0 aliphatic heterocycles. The maximum atomic E-state index is 12.0. The van der Waals surface area contributed by atoms with Crippen LogP contribution in [0.4, 0.5) is 0 Å². The van der Waals surface area contributed by atoms with Crippen molar-refractivity contribution < 1.29 is 9.53 Å². The average Bonchev–Trinajstić information content (AvgIpc) is 2.68. The van der Waals surface area contributed by atoms with Crippen LogP contribution in [-0.4, -0.2) is 42.9 Å². The van der Waals surface area contributed by atoms with E-state index < -0.39 is 0 Å². The quantitative estimate of drug-likeness (QED) is 0.584. The molecule has 96 valence electrons. The lowest BCUT2D eigenvalue weighted by Crippen LogP contribution is -2.15. The van der Waals surface area contributed by atoms with E-state index in [-0.39, 0.29) is 5.78 Å². The van der Waals surface area contributed by atoms with Crippen LogP contribution in [0.5, 0.6) is 0 Å². The Hall–Kier alpha value is -0.720. The number of hydrogen-bond donors (Lipinski definition) is 1. The predicted molar refractivity (Wildman–Crippen MR) is 69.3 cm³/mol. The molecular weight excluding hydrogens is 286 g/mol. The number of nitrogens with zero attached hydrogens (tertiary/aromatic N) is 2. The molecule has 0 radical (unpaired) electrons. The lowest BCUT2D eigenvalue weighted by Gasteiger charge is -2.06. The third-order valence-corrected chi connectivity index (χ3v) is 2.98. The van der Waals surface area contributed by atoms with Gasteiger partial charge in [0.15, 0.2) is 5.78 Å². The number of hydrogen-bond acceptors (Lipinski definition) is 4. The van der Waals surface area contributed by atoms with Crippen molar-refractivity contribution in [3.05, 3.63) is 16.4 Å². The first-order valence-electron chi connectivity index (χ1n) is 5.58. The van der Waals surface area contributed by atoms with Crippen molar-refractivity contribution in [1.82, 2.24) is 15.1 Å². The van der Waals surface area contributed by atoms with E-state index in [9.17, 15) is 4.79 Å². The second-order valence-electron chi connectivity index (χ2n) is 3.69. The van der Waals surface area contributed by atoms with Crippen LogP contribution in [0.15, 0.2) is 10.7 Å². The van der Waals surface area contributed by atoms with Crippen LogP contribution in [0.3, 0.4) is 0 Å². The molecule has 1 aromatic rings. The van der Waals surface area contributed by atoms with Crippen molar-refractivity contribution in [3.8, 4) is 0 Å². The van der Waals surface area contributed by atoms with Gasteiger partial charge in [-0.1, -0.05) is 0 Å². The molecular formula is C11H18BrN3O2. The zero-order chi connectivity index (χ0) is 12.7. The lowest BCUT2D eigenvalue weighted by molar-refractivity contribution is 0.0965. The number of ketones is 1. The van der Waals surface area contributed by atoms with Gasteiger partial charge in [-0.15, -0.1) is 0 Å². The van der Waals surface area contributed by atoms with Crippen molar-refractivity contribution >= 4 is 21.7 Å². The minimum Gasteiger partial charge on any atom is -0.383 e. The Kier molecular flexibility index (Phi) is 6.39. The van der Waals surface area contributed by atoms with E-state index in [1.807, 2.05) is 7.05 Å². The number of carbonyl (C=O) groups excluding carboxylic acids is 1. The summed E-state index contributed by atoms with van der Waals surface area (Å²) in [7, 11) is 3.51. The summed E-state index contributed by atoms with van der Waals surface area (Å²) in [4.78, 5) is 12.0. The minimum atomic E-state index is 0.112. The van der Waals surface area contributed by atoms with E-state index >= 15 is 0 Å². The van der Waals surface area contributed by atoms with Crippen LogP contribution in [-0.2, 0) is 11.3 Å². The van der Waals surface area contributed by atoms with Crippen LogP contribution >= 0.6 is 15.9 Å². The van der Waals surface area contributed by atoms with E-state index in [0.717, 1.165) is 17.4 Å². The molecule has 0 bridgehead atoms. The molecule has 1 heterocycles. The van der Waals surface area contributed by atoms with E-state index in [4.69, 9.17) is 4.74 Å². The summed E-state index contributed by atoms with van der Waals surface area (Å²) in [5, 5.41) is 7.18. The standard InChI is InChI=1S/C11H18BrN3O2/c1-13-5-3-4-10(16)11-9(12)8-14-15(11)6-7-17-2/h8,13H,3-7H2,1-2H3. The second-order valence-corrected chi connectivity index (χ2v) is 4.54. The summed E-state index contributed by atoms with van der Waals surface area (Å²) < 4.78 is 7.43. The van der Waals surface area contributed by atoms with Gasteiger partial charge in [-0.05, 0) is 35.9 Å². The Balaban J connectivity index is 2.66. The van der Waals surface area contributed by atoms with Gasteiger partial charge in [0, 0.05) is 13.5 Å². The molecule has 0 saturated carbocycles. The number of nitrogens with one attached hydrogen (secondary N) is 1. The van der Waals surface area contributed by atoms with Gasteiger partial charge in [-0.2, -0.15) is 5.10 Å². The SMILES string of the molecule is CNCCCC(=O)c1c(Br)cnn1CCOC. The fourth-order valence-corrected chi connectivity index (χ4v) is 2.05. The van der Waals surface area contributed by atoms with Crippen molar-refractivity contribution in [1.29, 1.82) is 0 Å². The number of ether oxygens (including phenoxy) is 1. The van der Waals surface area contributed by atoms with Crippen LogP contribution in [0, 0.1) is 0 Å². The van der Waals surface area contributed by atoms with Gasteiger partial charge in [0.2, 0.25) is 0 Å². The van der Waals surface area contributed by atoms with Gasteiger partial charge >= 0.3 is 0 Å². The normalized spacial score (nSPS) is 10.8. The third kappa shape index (κ3) is 4.22. The first kappa shape index (κ1) is 14.3. The minimum absolute atomic E-state index is 0.112. The molecule has 0 atom stereocenters. The van der Waals surface area contributed by atoms with Crippen molar-refractivity contribution in [2.75, 3.05) is 27.3 Å². The summed E-state index contributed by atoms with van der Waals surface area (Å²) in [6.07, 6.45) is 3.01. The molecule has 5 nitrogen and oxygen atoms in total. The molecule has 0 unspecified atom stereocenters. The second kappa shape index (κ2) is 7.58. The molecule has 0 aromatic carbocycles. The Morgan fingerprint density at radius 3 is 3.06 bits per heavy atom. The zero-order valence-corrected chi connectivity index (χ0v) is 11.8. The predicted octanol–water partition coefficient (Wildman–Crippen LogP) is 1.47. The summed E-state index contributed by atoms with van der Waals surface area (Å²) in [6.45, 7) is 1.98. The topological polar surface area (TPSA) is 56.2 Å². The highest BCUT2D eigenvalue weighted by atomic mass is 79.9. The fraction of sp³-hybridized carbons (Fsp3) is 0.636. The third-order valence-electron chi connectivity index (χ3n) is 2.40. The summed E-state index contributed by atoms with van der Waals surface area (Å²) in [6, 6.07) is 0. The Bertz CT molecular complexity index is 366. The lowest BCUT2D eigenvalue weighted by atomic mass is 10.1. The van der Waals surface area contributed by atoms with Gasteiger partial charge in [-0.25, -0.2) is 0 Å². The largest absolute Gasteiger partial charge is 0.383 e. The van der Waals surface area contributed by atoms with Crippen molar-refractivity contribution in [2.24, 2.45) is 0 Å². The fourth-order valence-electron chi connectivity index (χ4n) is 1.53. The molecule has 0 saturated heterocycles. The monoisotopic (exact) mass is 303 g/mol. The summed E-state index contributed by atoms with van der Waals surface area (Å²) in [5.74, 6) is 0.112. The molecule has 1 N–H and O–H groups in total. The first-order valence-corrected chi connectivity index (χ1v) is 6.38. The highest BCUT2D eigenvalue weighted by molar-refractivity contribution is 9.10. The molecule has 6 heteroatoms. The van der Waals surface area contributed by atoms with E-state index in [1.165, 1.54) is 0 Å². The Labute approximate surface area is 110 Å². The molecule has 0 spiro atoms. The number of Topliss-reactive ketones (excluding diaryl/α,β-unsaturated/α-hetero) is 1.